The molecule has 1 aliphatic heterocycles. The third-order valence-corrected chi connectivity index (χ3v) is 5.07. The predicted octanol–water partition coefficient (Wildman–Crippen LogP) is 3.93. The molecular formula is C15H29N. The molecule has 94 valence electrons. The summed E-state index contributed by atoms with van der Waals surface area (Å²) < 4.78 is 0. The van der Waals surface area contributed by atoms with Crippen LogP contribution in [0.25, 0.3) is 0 Å². The van der Waals surface area contributed by atoms with Gasteiger partial charge in [-0.3, -0.25) is 0 Å². The third-order valence-electron chi connectivity index (χ3n) is 5.07. The molecule has 0 aromatic rings. The Bertz CT molecular complexity index is 194. The highest BCUT2D eigenvalue weighted by Crippen LogP contribution is 2.31. The van der Waals surface area contributed by atoms with Gasteiger partial charge in [-0.15, -0.1) is 0 Å². The summed E-state index contributed by atoms with van der Waals surface area (Å²) in [6.45, 7) is 8.98. The van der Waals surface area contributed by atoms with Crippen LogP contribution < -0.4 is 0 Å². The maximum atomic E-state index is 2.75. The molecule has 1 saturated heterocycles. The molecule has 1 saturated carbocycles. The molecule has 0 amide bonds. The Morgan fingerprint density at radius 2 is 1.69 bits per heavy atom. The molecule has 1 nitrogen and oxygen atoms in total. The molecule has 0 spiro atoms. The van der Waals surface area contributed by atoms with Gasteiger partial charge in [0.05, 0.1) is 0 Å². The summed E-state index contributed by atoms with van der Waals surface area (Å²) in [5, 5.41) is 0. The van der Waals surface area contributed by atoms with Crippen molar-refractivity contribution in [1.82, 2.24) is 4.90 Å². The molecule has 0 N–H and O–H groups in total. The van der Waals surface area contributed by atoms with E-state index in [4.69, 9.17) is 0 Å². The van der Waals surface area contributed by atoms with E-state index >= 15 is 0 Å². The van der Waals surface area contributed by atoms with E-state index < -0.39 is 0 Å². The molecule has 0 bridgehead atoms. The standard InChI is InChI=1S/C15H29N/c1-3-14-8-10-16(11-9-14)12-15-7-5-4-6-13(15)2/h13-15H,3-12H2,1-2H3. The highest BCUT2D eigenvalue weighted by atomic mass is 15.1. The number of likely N-dealkylation sites (tertiary alicyclic amines) is 1. The molecule has 1 aliphatic carbocycles. The maximum absolute atomic E-state index is 2.75. The van der Waals surface area contributed by atoms with E-state index in [2.05, 4.69) is 18.7 Å². The zero-order valence-electron chi connectivity index (χ0n) is 11.3. The molecule has 2 rings (SSSR count). The first-order valence-electron chi connectivity index (χ1n) is 7.52. The zero-order valence-corrected chi connectivity index (χ0v) is 11.3. The fourth-order valence-corrected chi connectivity index (χ4v) is 3.57. The maximum Gasteiger partial charge on any atom is 0.00122 e. The molecule has 2 unspecified atom stereocenters. The number of piperidine rings is 1. The third kappa shape index (κ3) is 3.23. The molecule has 0 radical (unpaired) electrons. The predicted molar refractivity (Wildman–Crippen MR) is 70.6 cm³/mol. The van der Waals surface area contributed by atoms with E-state index in [1.165, 1.54) is 64.6 Å². The van der Waals surface area contributed by atoms with E-state index in [0.717, 1.165) is 17.8 Å². The normalized spacial score (nSPS) is 34.1. The molecule has 0 aromatic carbocycles. The zero-order chi connectivity index (χ0) is 11.4. The molecule has 2 atom stereocenters. The minimum Gasteiger partial charge on any atom is -0.303 e. The number of nitrogens with zero attached hydrogens (tertiary/aromatic N) is 1. The van der Waals surface area contributed by atoms with Crippen LogP contribution in [0.15, 0.2) is 0 Å². The van der Waals surface area contributed by atoms with Gasteiger partial charge in [-0.2, -0.15) is 0 Å². The SMILES string of the molecule is CCC1CCN(CC2CCCCC2C)CC1. The number of hydrogen-bond acceptors (Lipinski definition) is 1. The minimum absolute atomic E-state index is 0.984. The van der Waals surface area contributed by atoms with E-state index in [9.17, 15) is 0 Å². The van der Waals surface area contributed by atoms with Crippen molar-refractivity contribution in [2.24, 2.45) is 17.8 Å². The van der Waals surface area contributed by atoms with Gasteiger partial charge in [0.25, 0.3) is 0 Å². The average molecular weight is 223 g/mol. The van der Waals surface area contributed by atoms with Crippen LogP contribution in [0.3, 0.4) is 0 Å². The van der Waals surface area contributed by atoms with Crippen LogP contribution in [0.1, 0.15) is 58.8 Å². The molecular weight excluding hydrogens is 194 g/mol. The van der Waals surface area contributed by atoms with Gasteiger partial charge in [0, 0.05) is 6.54 Å². The lowest BCUT2D eigenvalue weighted by molar-refractivity contribution is 0.121. The van der Waals surface area contributed by atoms with Crippen LogP contribution in [0.4, 0.5) is 0 Å². The van der Waals surface area contributed by atoms with Gasteiger partial charge >= 0.3 is 0 Å². The summed E-state index contributed by atoms with van der Waals surface area (Å²) in [4.78, 5) is 2.75. The van der Waals surface area contributed by atoms with Crippen LogP contribution in [-0.2, 0) is 0 Å². The topological polar surface area (TPSA) is 3.24 Å². The largest absolute Gasteiger partial charge is 0.303 e. The van der Waals surface area contributed by atoms with Crippen LogP contribution >= 0.6 is 0 Å². The first-order chi connectivity index (χ1) is 7.79. The monoisotopic (exact) mass is 223 g/mol. The van der Waals surface area contributed by atoms with Gasteiger partial charge in [-0.05, 0) is 50.1 Å². The fourth-order valence-electron chi connectivity index (χ4n) is 3.57. The van der Waals surface area contributed by atoms with E-state index in [1.54, 1.807) is 0 Å². The Kier molecular flexibility index (Phi) is 4.69. The summed E-state index contributed by atoms with van der Waals surface area (Å²) in [6.07, 6.45) is 10.3. The lowest BCUT2D eigenvalue weighted by Crippen LogP contribution is -2.39. The quantitative estimate of drug-likeness (QED) is 0.700. The van der Waals surface area contributed by atoms with Crippen molar-refractivity contribution >= 4 is 0 Å². The van der Waals surface area contributed by atoms with Crippen molar-refractivity contribution < 1.29 is 0 Å². The average Bonchev–Trinajstić information content (AvgIpc) is 2.33. The summed E-state index contributed by atoms with van der Waals surface area (Å²) in [6, 6.07) is 0. The molecule has 1 heterocycles. The van der Waals surface area contributed by atoms with Crippen molar-refractivity contribution in [2.75, 3.05) is 19.6 Å². The van der Waals surface area contributed by atoms with Gasteiger partial charge < -0.3 is 4.90 Å². The Labute approximate surface area is 102 Å². The molecule has 2 fully saturated rings. The number of rotatable bonds is 3. The van der Waals surface area contributed by atoms with Crippen molar-refractivity contribution in [1.29, 1.82) is 0 Å². The lowest BCUT2D eigenvalue weighted by atomic mass is 9.80. The van der Waals surface area contributed by atoms with Crippen molar-refractivity contribution in [2.45, 2.75) is 58.8 Å². The van der Waals surface area contributed by atoms with Crippen LogP contribution in [0.2, 0.25) is 0 Å². The summed E-state index contributed by atoms with van der Waals surface area (Å²) in [5.74, 6) is 3.02. The summed E-state index contributed by atoms with van der Waals surface area (Å²) in [5.41, 5.74) is 0. The van der Waals surface area contributed by atoms with Crippen LogP contribution in [-0.4, -0.2) is 24.5 Å². The van der Waals surface area contributed by atoms with E-state index in [-0.39, 0.29) is 0 Å². The van der Waals surface area contributed by atoms with Crippen molar-refractivity contribution in [3.8, 4) is 0 Å². The molecule has 2 aliphatic rings. The molecule has 0 aromatic heterocycles. The second-order valence-electron chi connectivity index (χ2n) is 6.17. The fraction of sp³-hybridized carbons (Fsp3) is 1.00. The summed E-state index contributed by atoms with van der Waals surface area (Å²) >= 11 is 0. The highest BCUT2D eigenvalue weighted by molar-refractivity contribution is 4.78. The van der Waals surface area contributed by atoms with Gasteiger partial charge in [-0.25, -0.2) is 0 Å². The molecule has 16 heavy (non-hydrogen) atoms. The second kappa shape index (κ2) is 6.05. The Hall–Kier alpha value is -0.0400. The highest BCUT2D eigenvalue weighted by Gasteiger charge is 2.25. The smallest absolute Gasteiger partial charge is 0.00122 e. The second-order valence-corrected chi connectivity index (χ2v) is 6.17. The Balaban J connectivity index is 1.73. The van der Waals surface area contributed by atoms with Gasteiger partial charge in [0.1, 0.15) is 0 Å². The van der Waals surface area contributed by atoms with Crippen molar-refractivity contribution in [3.05, 3.63) is 0 Å². The van der Waals surface area contributed by atoms with E-state index in [0.29, 0.717) is 0 Å². The number of hydrogen-bond donors (Lipinski definition) is 0. The van der Waals surface area contributed by atoms with Gasteiger partial charge in [0.15, 0.2) is 0 Å². The van der Waals surface area contributed by atoms with Crippen LogP contribution in [0.5, 0.6) is 0 Å². The van der Waals surface area contributed by atoms with Crippen LogP contribution in [0, 0.1) is 17.8 Å². The first-order valence-corrected chi connectivity index (χ1v) is 7.52. The molecule has 1 heteroatoms. The van der Waals surface area contributed by atoms with E-state index in [1.807, 2.05) is 0 Å². The minimum atomic E-state index is 0.984. The van der Waals surface area contributed by atoms with Gasteiger partial charge in [-0.1, -0.05) is 39.5 Å². The lowest BCUT2D eigenvalue weighted by Gasteiger charge is -2.37. The Morgan fingerprint density at radius 1 is 1.00 bits per heavy atom. The first kappa shape index (κ1) is 12.4. The Morgan fingerprint density at radius 3 is 2.31 bits per heavy atom. The van der Waals surface area contributed by atoms with Gasteiger partial charge in [0.2, 0.25) is 0 Å². The summed E-state index contributed by atoms with van der Waals surface area (Å²) in [7, 11) is 0. The van der Waals surface area contributed by atoms with Crippen molar-refractivity contribution in [3.63, 3.8) is 0 Å².